The van der Waals surface area contributed by atoms with Gasteiger partial charge in [-0.25, -0.2) is 4.79 Å². The second kappa shape index (κ2) is 6.36. The molecule has 2 aromatic rings. The Morgan fingerprint density at radius 1 is 1.30 bits per heavy atom. The topological polar surface area (TPSA) is 66.8 Å². The number of carbonyl (C=O) groups is 2. The number of aliphatic hydroxyl groups is 1. The van der Waals surface area contributed by atoms with E-state index in [0.717, 1.165) is 10.4 Å². The first kappa shape index (κ1) is 15.5. The molecule has 0 bridgehead atoms. The lowest BCUT2D eigenvalue weighted by Gasteiger charge is -2.32. The van der Waals surface area contributed by atoms with Crippen LogP contribution in [-0.4, -0.2) is 28.0 Å². The van der Waals surface area contributed by atoms with Crippen LogP contribution in [0.2, 0.25) is 0 Å². The average Bonchev–Trinajstić information content (AvgIpc) is 2.96. The summed E-state index contributed by atoms with van der Waals surface area (Å²) in [6, 6.07) is 9.74. The summed E-state index contributed by atoms with van der Waals surface area (Å²) in [6.45, 7) is 1.92. The van der Waals surface area contributed by atoms with Crippen LogP contribution in [0.1, 0.15) is 16.5 Å². The number of hydrogen-bond acceptors (Lipinski definition) is 5. The number of carbonyl (C=O) groups excluding carboxylic acids is 2. The molecule has 1 aliphatic heterocycles. The van der Waals surface area contributed by atoms with Gasteiger partial charge in [0, 0.05) is 17.2 Å². The van der Waals surface area contributed by atoms with Gasteiger partial charge in [0.1, 0.15) is 17.9 Å². The number of ether oxygens (including phenoxy) is 1. The van der Waals surface area contributed by atoms with Gasteiger partial charge in [0.15, 0.2) is 5.78 Å². The zero-order chi connectivity index (χ0) is 16.4. The van der Waals surface area contributed by atoms with E-state index in [9.17, 15) is 14.7 Å². The van der Waals surface area contributed by atoms with Crippen molar-refractivity contribution in [1.82, 2.24) is 4.90 Å². The molecule has 1 aromatic heterocycles. The summed E-state index contributed by atoms with van der Waals surface area (Å²) < 4.78 is 5.31. The third-order valence-electron chi connectivity index (χ3n) is 3.49. The minimum absolute atomic E-state index is 0.401. The maximum atomic E-state index is 12.4. The van der Waals surface area contributed by atoms with Crippen LogP contribution >= 0.6 is 11.3 Å². The summed E-state index contributed by atoms with van der Waals surface area (Å²) in [7, 11) is 0. The first-order valence-corrected chi connectivity index (χ1v) is 7.94. The molecule has 2 heterocycles. The molecule has 3 rings (SSSR count). The molecule has 0 aliphatic carbocycles. The number of para-hydroxylation sites is 1. The van der Waals surface area contributed by atoms with Crippen molar-refractivity contribution in [3.05, 3.63) is 64.5 Å². The van der Waals surface area contributed by atoms with E-state index in [1.54, 1.807) is 24.3 Å². The zero-order valence-corrected chi connectivity index (χ0v) is 13.2. The Bertz CT molecular complexity index is 753. The highest BCUT2D eigenvalue weighted by molar-refractivity contribution is 7.10. The molecule has 6 heteroatoms. The van der Waals surface area contributed by atoms with Crippen molar-refractivity contribution in [1.29, 1.82) is 0 Å². The van der Waals surface area contributed by atoms with E-state index in [1.807, 2.05) is 24.4 Å². The van der Waals surface area contributed by atoms with Crippen molar-refractivity contribution in [3.8, 4) is 5.75 Å². The predicted molar refractivity (Wildman–Crippen MR) is 86.3 cm³/mol. The largest absolute Gasteiger partial charge is 0.419 e. The number of thiophene rings is 1. The van der Waals surface area contributed by atoms with Gasteiger partial charge in [0.25, 0.3) is 0 Å². The highest BCUT2D eigenvalue weighted by atomic mass is 32.1. The van der Waals surface area contributed by atoms with E-state index in [1.165, 1.54) is 28.5 Å². The first-order chi connectivity index (χ1) is 11.1. The Morgan fingerprint density at radius 3 is 2.70 bits per heavy atom. The van der Waals surface area contributed by atoms with Crippen molar-refractivity contribution in [2.45, 2.75) is 19.1 Å². The van der Waals surface area contributed by atoms with Crippen molar-refractivity contribution >= 4 is 23.2 Å². The molecule has 0 saturated heterocycles. The van der Waals surface area contributed by atoms with E-state index >= 15 is 0 Å². The smallest absolute Gasteiger partial charge is 0.410 e. The molecule has 1 amide bonds. The monoisotopic (exact) mass is 329 g/mol. The Balaban J connectivity index is 1.89. The van der Waals surface area contributed by atoms with Crippen LogP contribution in [0.4, 0.5) is 4.79 Å². The molecule has 1 aromatic carbocycles. The van der Waals surface area contributed by atoms with E-state index in [4.69, 9.17) is 4.74 Å². The van der Waals surface area contributed by atoms with Crippen LogP contribution < -0.4 is 4.74 Å². The molecular formula is C17H15NO4S. The van der Waals surface area contributed by atoms with Gasteiger partial charge in [-0.05, 0) is 36.1 Å². The molecule has 1 aliphatic rings. The summed E-state index contributed by atoms with van der Waals surface area (Å²) in [6.07, 6.45) is 0.602. The van der Waals surface area contributed by atoms with E-state index in [2.05, 4.69) is 0 Å². The van der Waals surface area contributed by atoms with E-state index in [0.29, 0.717) is 5.75 Å². The van der Waals surface area contributed by atoms with Crippen molar-refractivity contribution in [2.24, 2.45) is 0 Å². The van der Waals surface area contributed by atoms with Gasteiger partial charge in [-0.1, -0.05) is 18.2 Å². The fourth-order valence-corrected chi connectivity index (χ4v) is 3.40. The van der Waals surface area contributed by atoms with Gasteiger partial charge in [0.05, 0.1) is 0 Å². The lowest BCUT2D eigenvalue weighted by molar-refractivity contribution is -0.126. The predicted octanol–water partition coefficient (Wildman–Crippen LogP) is 3.06. The molecule has 2 atom stereocenters. The van der Waals surface area contributed by atoms with Crippen LogP contribution in [-0.2, 0) is 4.79 Å². The summed E-state index contributed by atoms with van der Waals surface area (Å²) in [4.78, 5) is 26.2. The summed E-state index contributed by atoms with van der Waals surface area (Å²) >= 11 is 1.39. The standard InChI is InChI=1S/C17H15NO4S/c1-11-9-14(23-10-11)15-16(20)13(19)7-8-18(15)17(21)22-12-5-3-2-4-6-12/h2-10,15-16,20H,1H3/t15-,16+/m1/s1. The highest BCUT2D eigenvalue weighted by Gasteiger charge is 2.38. The van der Waals surface area contributed by atoms with Crippen LogP contribution in [0.5, 0.6) is 5.75 Å². The van der Waals surface area contributed by atoms with Gasteiger partial charge in [0.2, 0.25) is 0 Å². The number of aliphatic hydroxyl groups excluding tert-OH is 1. The SMILES string of the molecule is Cc1csc([C@@H]2[C@@H](O)C(=O)C=CN2C(=O)Oc2ccccc2)c1. The van der Waals surface area contributed by atoms with E-state index < -0.39 is 24.0 Å². The Labute approximate surface area is 137 Å². The quantitative estimate of drug-likeness (QED) is 0.919. The Morgan fingerprint density at radius 2 is 2.04 bits per heavy atom. The highest BCUT2D eigenvalue weighted by Crippen LogP contribution is 2.33. The third-order valence-corrected chi connectivity index (χ3v) is 4.61. The maximum absolute atomic E-state index is 12.4. The van der Waals surface area contributed by atoms with Crippen LogP contribution in [0.3, 0.4) is 0 Å². The minimum Gasteiger partial charge on any atom is -0.410 e. The fourth-order valence-electron chi connectivity index (χ4n) is 2.37. The lowest BCUT2D eigenvalue weighted by Crippen LogP contribution is -2.44. The number of amides is 1. The molecular weight excluding hydrogens is 314 g/mol. The molecule has 0 radical (unpaired) electrons. The molecule has 0 unspecified atom stereocenters. The number of rotatable bonds is 2. The summed E-state index contributed by atoms with van der Waals surface area (Å²) in [5, 5.41) is 12.2. The second-order valence-corrected chi connectivity index (χ2v) is 6.17. The lowest BCUT2D eigenvalue weighted by atomic mass is 10.0. The van der Waals surface area contributed by atoms with Gasteiger partial charge >= 0.3 is 6.09 Å². The average molecular weight is 329 g/mol. The molecule has 23 heavy (non-hydrogen) atoms. The molecule has 118 valence electrons. The van der Waals surface area contributed by atoms with Gasteiger partial charge in [-0.3, -0.25) is 9.69 Å². The van der Waals surface area contributed by atoms with Crippen molar-refractivity contribution < 1.29 is 19.4 Å². The maximum Gasteiger partial charge on any atom is 0.419 e. The first-order valence-electron chi connectivity index (χ1n) is 7.06. The molecule has 0 spiro atoms. The minimum atomic E-state index is -1.30. The zero-order valence-electron chi connectivity index (χ0n) is 12.4. The Hall–Kier alpha value is -2.44. The number of ketones is 1. The van der Waals surface area contributed by atoms with Crippen molar-refractivity contribution in [3.63, 3.8) is 0 Å². The van der Waals surface area contributed by atoms with Gasteiger partial charge < -0.3 is 9.84 Å². The van der Waals surface area contributed by atoms with E-state index in [-0.39, 0.29) is 0 Å². The molecule has 0 saturated carbocycles. The second-order valence-electron chi connectivity index (χ2n) is 5.22. The molecule has 1 N–H and O–H groups in total. The Kier molecular flexibility index (Phi) is 4.27. The number of benzene rings is 1. The normalized spacial score (nSPS) is 20.6. The van der Waals surface area contributed by atoms with Crippen LogP contribution in [0.15, 0.2) is 54.1 Å². The van der Waals surface area contributed by atoms with Crippen molar-refractivity contribution in [2.75, 3.05) is 0 Å². The number of nitrogens with zero attached hydrogens (tertiary/aromatic N) is 1. The summed E-state index contributed by atoms with van der Waals surface area (Å²) in [5.74, 6) is -0.0248. The van der Waals surface area contributed by atoms with Crippen LogP contribution in [0.25, 0.3) is 0 Å². The number of hydrogen-bond donors (Lipinski definition) is 1. The summed E-state index contributed by atoms with van der Waals surface area (Å²) in [5.41, 5.74) is 1.01. The fraction of sp³-hybridized carbons (Fsp3) is 0.176. The third kappa shape index (κ3) is 3.18. The molecule has 5 nitrogen and oxygen atoms in total. The number of aryl methyl sites for hydroxylation is 1. The van der Waals surface area contributed by atoms with Gasteiger partial charge in [-0.15, -0.1) is 11.3 Å². The van der Waals surface area contributed by atoms with Crippen LogP contribution in [0, 0.1) is 6.92 Å². The van der Waals surface area contributed by atoms with Gasteiger partial charge in [-0.2, -0.15) is 0 Å². The molecule has 0 fully saturated rings.